The molecule has 0 aliphatic carbocycles. The fourth-order valence-corrected chi connectivity index (χ4v) is 5.24. The molecule has 0 aromatic heterocycles. The predicted octanol–water partition coefficient (Wildman–Crippen LogP) is 4.23. The van der Waals surface area contributed by atoms with Crippen LogP contribution in [0.25, 0.3) is 0 Å². The van der Waals surface area contributed by atoms with E-state index in [9.17, 15) is 22.4 Å². The number of nitrogens with one attached hydrogen (secondary N) is 1. The SMILES string of the molecule is CCNC(=O)[C@@H](C)N(Cc1cccc(Cl)c1)C(=O)CN(c1ccc(F)cc1)S(=O)(=O)c1ccccc1. The highest BCUT2D eigenvalue weighted by atomic mass is 35.5. The summed E-state index contributed by atoms with van der Waals surface area (Å²) in [6, 6.07) is 18.4. The van der Waals surface area contributed by atoms with Gasteiger partial charge < -0.3 is 10.2 Å². The molecule has 0 aliphatic heterocycles. The summed E-state index contributed by atoms with van der Waals surface area (Å²) in [6.07, 6.45) is 0. The molecule has 0 saturated carbocycles. The fraction of sp³-hybridized carbons (Fsp3) is 0.231. The molecular formula is C26H27ClFN3O4S. The van der Waals surface area contributed by atoms with E-state index in [4.69, 9.17) is 11.6 Å². The number of likely N-dealkylation sites (N-methyl/N-ethyl adjacent to an activating group) is 1. The maximum atomic E-state index is 13.6. The van der Waals surface area contributed by atoms with E-state index in [1.165, 1.54) is 29.2 Å². The molecular weight excluding hydrogens is 505 g/mol. The Bertz CT molecular complexity index is 1300. The summed E-state index contributed by atoms with van der Waals surface area (Å²) in [6.45, 7) is 3.12. The molecule has 3 rings (SSSR count). The summed E-state index contributed by atoms with van der Waals surface area (Å²) in [5, 5.41) is 3.16. The number of sulfonamides is 1. The number of rotatable bonds is 10. The number of amides is 2. The monoisotopic (exact) mass is 531 g/mol. The lowest BCUT2D eigenvalue weighted by molar-refractivity contribution is -0.139. The van der Waals surface area contributed by atoms with Crippen molar-refractivity contribution in [2.75, 3.05) is 17.4 Å². The largest absolute Gasteiger partial charge is 0.355 e. The molecule has 2 amide bonds. The molecule has 0 unspecified atom stereocenters. The Morgan fingerprint density at radius 1 is 1.00 bits per heavy atom. The van der Waals surface area contributed by atoms with E-state index in [0.29, 0.717) is 17.1 Å². The molecule has 1 atom stereocenters. The van der Waals surface area contributed by atoms with Crippen molar-refractivity contribution in [1.29, 1.82) is 0 Å². The number of halogens is 2. The van der Waals surface area contributed by atoms with E-state index >= 15 is 0 Å². The Labute approximate surface area is 215 Å². The van der Waals surface area contributed by atoms with E-state index in [1.807, 2.05) is 0 Å². The molecule has 36 heavy (non-hydrogen) atoms. The van der Waals surface area contributed by atoms with Crippen LogP contribution in [0.1, 0.15) is 19.4 Å². The smallest absolute Gasteiger partial charge is 0.264 e. The Morgan fingerprint density at radius 3 is 2.28 bits per heavy atom. The highest BCUT2D eigenvalue weighted by Gasteiger charge is 2.32. The summed E-state index contributed by atoms with van der Waals surface area (Å²) >= 11 is 6.10. The maximum Gasteiger partial charge on any atom is 0.264 e. The Morgan fingerprint density at radius 2 is 1.67 bits per heavy atom. The zero-order chi connectivity index (χ0) is 26.3. The van der Waals surface area contributed by atoms with Crippen LogP contribution < -0.4 is 9.62 Å². The first kappa shape index (κ1) is 27.2. The van der Waals surface area contributed by atoms with Crippen LogP contribution in [0.2, 0.25) is 5.02 Å². The van der Waals surface area contributed by atoms with Crippen LogP contribution >= 0.6 is 11.6 Å². The van der Waals surface area contributed by atoms with Crippen LogP contribution in [0.4, 0.5) is 10.1 Å². The minimum atomic E-state index is -4.19. The number of hydrogen-bond acceptors (Lipinski definition) is 4. The van der Waals surface area contributed by atoms with E-state index < -0.39 is 34.3 Å². The van der Waals surface area contributed by atoms with E-state index in [2.05, 4.69) is 5.32 Å². The second-order valence-electron chi connectivity index (χ2n) is 8.02. The average Bonchev–Trinajstić information content (AvgIpc) is 2.86. The molecule has 1 N–H and O–H groups in total. The van der Waals surface area contributed by atoms with Crippen molar-refractivity contribution in [2.45, 2.75) is 31.3 Å². The average molecular weight is 532 g/mol. The molecule has 0 bridgehead atoms. The number of carbonyl (C=O) groups is 2. The van der Waals surface area contributed by atoms with E-state index in [1.54, 1.807) is 56.3 Å². The number of anilines is 1. The molecule has 0 fully saturated rings. The van der Waals surface area contributed by atoms with Gasteiger partial charge in [0.05, 0.1) is 10.6 Å². The lowest BCUT2D eigenvalue weighted by Crippen LogP contribution is -2.51. The second kappa shape index (κ2) is 12.0. The van der Waals surface area contributed by atoms with E-state index in [-0.39, 0.29) is 23.0 Å². The van der Waals surface area contributed by atoms with Gasteiger partial charge in [-0.3, -0.25) is 13.9 Å². The summed E-state index contributed by atoms with van der Waals surface area (Å²) < 4.78 is 41.6. The van der Waals surface area contributed by atoms with E-state index in [0.717, 1.165) is 16.4 Å². The Kier molecular flexibility index (Phi) is 9.06. The highest BCUT2D eigenvalue weighted by molar-refractivity contribution is 7.92. The van der Waals surface area contributed by atoms with Crippen LogP contribution in [0.3, 0.4) is 0 Å². The van der Waals surface area contributed by atoms with Gasteiger partial charge in [-0.2, -0.15) is 0 Å². The minimum absolute atomic E-state index is 0.0275. The molecule has 0 radical (unpaired) electrons. The highest BCUT2D eigenvalue weighted by Crippen LogP contribution is 2.25. The predicted molar refractivity (Wildman–Crippen MR) is 138 cm³/mol. The lowest BCUT2D eigenvalue weighted by Gasteiger charge is -2.32. The molecule has 0 saturated heterocycles. The van der Waals surface area contributed by atoms with Crippen LogP contribution in [-0.2, 0) is 26.2 Å². The minimum Gasteiger partial charge on any atom is -0.355 e. The second-order valence-corrected chi connectivity index (χ2v) is 10.3. The number of hydrogen-bond donors (Lipinski definition) is 1. The topological polar surface area (TPSA) is 86.8 Å². The van der Waals surface area contributed by atoms with Gasteiger partial charge in [0, 0.05) is 18.1 Å². The number of carbonyl (C=O) groups excluding carboxylic acids is 2. The van der Waals surface area contributed by atoms with Gasteiger partial charge in [-0.1, -0.05) is 41.9 Å². The van der Waals surface area contributed by atoms with Gasteiger partial charge in [-0.05, 0) is 67.9 Å². The molecule has 3 aromatic rings. The Balaban J connectivity index is 2.01. The van der Waals surface area contributed by atoms with Gasteiger partial charge in [0.1, 0.15) is 18.4 Å². The van der Waals surface area contributed by atoms with Gasteiger partial charge >= 0.3 is 0 Å². The van der Waals surface area contributed by atoms with Crippen molar-refractivity contribution >= 4 is 39.1 Å². The van der Waals surface area contributed by atoms with Crippen molar-refractivity contribution in [1.82, 2.24) is 10.2 Å². The van der Waals surface area contributed by atoms with Gasteiger partial charge in [0.25, 0.3) is 10.0 Å². The fourth-order valence-electron chi connectivity index (χ4n) is 3.59. The third-order valence-corrected chi connectivity index (χ3v) is 7.51. The summed E-state index contributed by atoms with van der Waals surface area (Å²) in [4.78, 5) is 27.6. The molecule has 10 heteroatoms. The summed E-state index contributed by atoms with van der Waals surface area (Å²) in [7, 11) is -4.19. The van der Waals surface area contributed by atoms with Crippen molar-refractivity contribution < 1.29 is 22.4 Å². The summed E-state index contributed by atoms with van der Waals surface area (Å²) in [5.74, 6) is -1.54. The van der Waals surface area contributed by atoms with Crippen molar-refractivity contribution in [3.05, 3.63) is 95.3 Å². The maximum absolute atomic E-state index is 13.6. The van der Waals surface area contributed by atoms with Gasteiger partial charge in [0.2, 0.25) is 11.8 Å². The molecule has 190 valence electrons. The zero-order valence-electron chi connectivity index (χ0n) is 19.9. The molecule has 0 heterocycles. The third-order valence-electron chi connectivity index (χ3n) is 5.48. The van der Waals surface area contributed by atoms with Gasteiger partial charge in [-0.15, -0.1) is 0 Å². The first-order valence-electron chi connectivity index (χ1n) is 11.3. The quantitative estimate of drug-likeness (QED) is 0.424. The normalized spacial score (nSPS) is 12.0. The molecule has 7 nitrogen and oxygen atoms in total. The van der Waals surface area contributed by atoms with Crippen LogP contribution in [-0.4, -0.2) is 44.3 Å². The van der Waals surface area contributed by atoms with Crippen molar-refractivity contribution in [3.63, 3.8) is 0 Å². The number of benzene rings is 3. The van der Waals surface area contributed by atoms with Crippen LogP contribution in [0, 0.1) is 5.82 Å². The van der Waals surface area contributed by atoms with Crippen LogP contribution in [0.5, 0.6) is 0 Å². The van der Waals surface area contributed by atoms with Crippen molar-refractivity contribution in [3.8, 4) is 0 Å². The number of nitrogens with zero attached hydrogens (tertiary/aromatic N) is 2. The van der Waals surface area contributed by atoms with Crippen LogP contribution in [0.15, 0.2) is 83.8 Å². The standard InChI is InChI=1S/C26H27ClFN3O4S/c1-3-29-26(33)19(2)30(17-20-8-7-9-21(27)16-20)25(32)18-31(23-14-12-22(28)13-15-23)36(34,35)24-10-5-4-6-11-24/h4-16,19H,3,17-18H2,1-2H3,(H,29,33)/t19-/m1/s1. The third kappa shape index (κ3) is 6.61. The van der Waals surface area contributed by atoms with Gasteiger partial charge in [0.15, 0.2) is 0 Å². The molecule has 0 spiro atoms. The first-order chi connectivity index (χ1) is 17.1. The molecule has 3 aromatic carbocycles. The van der Waals surface area contributed by atoms with Gasteiger partial charge in [-0.25, -0.2) is 12.8 Å². The Hall–Kier alpha value is -3.43. The summed E-state index contributed by atoms with van der Waals surface area (Å²) in [5.41, 5.74) is 0.785. The lowest BCUT2D eigenvalue weighted by atomic mass is 10.1. The zero-order valence-corrected chi connectivity index (χ0v) is 21.5. The first-order valence-corrected chi connectivity index (χ1v) is 13.1. The van der Waals surface area contributed by atoms with Crippen molar-refractivity contribution in [2.24, 2.45) is 0 Å². The molecule has 0 aliphatic rings.